The molecule has 2 N–H and O–H groups in total. The molecular weight excluding hydrogens is 344 g/mol. The van der Waals surface area contributed by atoms with Crippen LogP contribution in [0.25, 0.3) is 20.5 Å². The highest BCUT2D eigenvalue weighted by Gasteiger charge is 2.18. The van der Waals surface area contributed by atoms with Crippen LogP contribution < -0.4 is 5.32 Å². The van der Waals surface area contributed by atoms with Crippen molar-refractivity contribution in [1.82, 2.24) is 10.2 Å². The van der Waals surface area contributed by atoms with Crippen molar-refractivity contribution >= 4 is 39.2 Å². The van der Waals surface area contributed by atoms with Crippen LogP contribution in [0.3, 0.4) is 0 Å². The number of hydrogen-bond acceptors (Lipinski definition) is 4. The minimum absolute atomic E-state index is 0.184. The number of nitrogens with one attached hydrogen (secondary N) is 2. The second-order valence-electron chi connectivity index (χ2n) is 6.15. The number of hydrogen-bond donors (Lipinski definition) is 2. The van der Waals surface area contributed by atoms with Crippen LogP contribution in [-0.4, -0.2) is 22.3 Å². The summed E-state index contributed by atoms with van der Waals surface area (Å²) in [6, 6.07) is 14.6. The molecule has 0 saturated heterocycles. The molecule has 26 heavy (non-hydrogen) atoms. The molecule has 2 aromatic heterocycles. The van der Waals surface area contributed by atoms with E-state index in [1.165, 1.54) is 26.7 Å². The van der Waals surface area contributed by atoms with E-state index in [0.717, 1.165) is 16.8 Å². The number of aromatic amines is 1. The first-order valence-electron chi connectivity index (χ1n) is 8.24. The first-order valence-corrected chi connectivity index (χ1v) is 9.05. The summed E-state index contributed by atoms with van der Waals surface area (Å²) < 4.78 is 1.25. The topological polar surface area (TPSA) is 70.1 Å². The average molecular weight is 358 g/mol. The van der Waals surface area contributed by atoms with Crippen LogP contribution in [0.4, 0.5) is 5.69 Å². The van der Waals surface area contributed by atoms with Crippen LogP contribution in [0.1, 0.15) is 21.5 Å². The van der Waals surface area contributed by atoms with Crippen molar-refractivity contribution in [3.05, 3.63) is 71.5 Å². The van der Waals surface area contributed by atoms with Gasteiger partial charge in [-0.1, -0.05) is 18.2 Å². The molecule has 2 aromatic carbocycles. The summed E-state index contributed by atoms with van der Waals surface area (Å²) in [6.45, 7) is 0.675. The number of rotatable bonds is 3. The summed E-state index contributed by atoms with van der Waals surface area (Å²) >= 11 is 1.76. The monoisotopic (exact) mass is 358 g/mol. The maximum Gasteiger partial charge on any atom is 0.258 e. The highest BCUT2D eigenvalue weighted by atomic mass is 32.1. The highest BCUT2D eigenvalue weighted by Crippen LogP contribution is 2.39. The first-order chi connectivity index (χ1) is 12.8. The number of H-pyrrole nitrogens is 1. The van der Waals surface area contributed by atoms with Gasteiger partial charge in [0.15, 0.2) is 0 Å². The van der Waals surface area contributed by atoms with E-state index in [2.05, 4.69) is 44.8 Å². The predicted molar refractivity (Wildman–Crippen MR) is 105 cm³/mol. The molecule has 5 nitrogen and oxygen atoms in total. The van der Waals surface area contributed by atoms with E-state index in [9.17, 15) is 4.79 Å². The van der Waals surface area contributed by atoms with E-state index in [4.69, 9.17) is 0 Å². The number of benzene rings is 2. The zero-order valence-electron chi connectivity index (χ0n) is 13.7. The van der Waals surface area contributed by atoms with Gasteiger partial charge in [-0.15, -0.1) is 11.3 Å². The van der Waals surface area contributed by atoms with Gasteiger partial charge in [-0.2, -0.15) is 5.10 Å². The van der Waals surface area contributed by atoms with E-state index < -0.39 is 0 Å². The standard InChI is InChI=1S/C20H14N4OS/c25-20(14-9-22-23-10-14)24-15-5-13-8-21-11-17(13)16(7-15)19-6-12-3-1-2-4-18(12)26-19/h1-10H,11H2,(H,22,23)(H,24,25). The third-order valence-corrected chi connectivity index (χ3v) is 5.62. The van der Waals surface area contributed by atoms with E-state index >= 15 is 0 Å². The van der Waals surface area contributed by atoms with Crippen LogP contribution in [0, 0.1) is 0 Å². The van der Waals surface area contributed by atoms with Gasteiger partial charge < -0.3 is 5.32 Å². The van der Waals surface area contributed by atoms with Crippen molar-refractivity contribution in [3.63, 3.8) is 0 Å². The normalized spacial score (nSPS) is 12.5. The Bertz CT molecular complexity index is 1120. The van der Waals surface area contributed by atoms with Crippen LogP contribution in [0.5, 0.6) is 0 Å². The number of amides is 1. The van der Waals surface area contributed by atoms with E-state index in [0.29, 0.717) is 12.1 Å². The molecule has 3 heterocycles. The Morgan fingerprint density at radius 1 is 1.19 bits per heavy atom. The van der Waals surface area contributed by atoms with Crippen LogP contribution in [-0.2, 0) is 6.54 Å². The van der Waals surface area contributed by atoms with Gasteiger partial charge in [-0.05, 0) is 40.8 Å². The SMILES string of the molecule is O=C(Nc1cc2c(c(-c3cc4ccccc4s3)c1)CN=C2)c1cn[nH]c1. The third kappa shape index (κ3) is 2.51. The Morgan fingerprint density at radius 2 is 2.12 bits per heavy atom. The smallest absolute Gasteiger partial charge is 0.258 e. The third-order valence-electron chi connectivity index (χ3n) is 4.47. The van der Waals surface area contributed by atoms with Gasteiger partial charge >= 0.3 is 0 Å². The minimum Gasteiger partial charge on any atom is -0.322 e. The fourth-order valence-electron chi connectivity index (χ4n) is 3.21. The first kappa shape index (κ1) is 15.0. The average Bonchev–Trinajstić information content (AvgIpc) is 3.39. The van der Waals surface area contributed by atoms with Gasteiger partial charge in [0.25, 0.3) is 5.91 Å². The minimum atomic E-state index is -0.184. The molecule has 0 bridgehead atoms. The number of aliphatic imine (C=N–C) groups is 1. The van der Waals surface area contributed by atoms with E-state index in [1.807, 2.05) is 24.4 Å². The van der Waals surface area contributed by atoms with Gasteiger partial charge in [0.2, 0.25) is 0 Å². The molecular formula is C20H14N4OS. The molecule has 4 aromatic rings. The fraction of sp³-hybridized carbons (Fsp3) is 0.0500. The quantitative estimate of drug-likeness (QED) is 0.567. The maximum absolute atomic E-state index is 12.4. The molecule has 5 rings (SSSR count). The lowest BCUT2D eigenvalue weighted by molar-refractivity contribution is 0.102. The molecule has 0 aliphatic carbocycles. The van der Waals surface area contributed by atoms with Gasteiger partial charge in [-0.3, -0.25) is 14.9 Å². The number of aromatic nitrogens is 2. The summed E-state index contributed by atoms with van der Waals surface area (Å²) in [5.41, 5.74) is 4.65. The van der Waals surface area contributed by atoms with E-state index in [1.54, 1.807) is 17.5 Å². The summed E-state index contributed by atoms with van der Waals surface area (Å²) in [5, 5.41) is 10.7. The van der Waals surface area contributed by atoms with Crippen molar-refractivity contribution in [2.24, 2.45) is 4.99 Å². The molecule has 0 saturated carbocycles. The molecule has 0 radical (unpaired) electrons. The largest absolute Gasteiger partial charge is 0.322 e. The van der Waals surface area contributed by atoms with Gasteiger partial charge in [0, 0.05) is 33.2 Å². The highest BCUT2D eigenvalue weighted by molar-refractivity contribution is 7.22. The Morgan fingerprint density at radius 3 is 2.96 bits per heavy atom. The molecule has 126 valence electrons. The zero-order chi connectivity index (χ0) is 17.5. The Kier molecular flexibility index (Phi) is 3.43. The molecule has 1 aliphatic heterocycles. The number of carbonyl (C=O) groups is 1. The zero-order valence-corrected chi connectivity index (χ0v) is 14.5. The molecule has 6 heteroatoms. The van der Waals surface area contributed by atoms with Crippen molar-refractivity contribution in [1.29, 1.82) is 0 Å². The Balaban J connectivity index is 1.59. The molecule has 1 aliphatic rings. The van der Waals surface area contributed by atoms with Crippen molar-refractivity contribution in [2.75, 3.05) is 5.32 Å². The summed E-state index contributed by atoms with van der Waals surface area (Å²) in [6.07, 6.45) is 4.97. The van der Waals surface area contributed by atoms with Crippen molar-refractivity contribution < 1.29 is 4.79 Å². The number of anilines is 1. The Labute approximate surface area is 153 Å². The lowest BCUT2D eigenvalue weighted by Gasteiger charge is -2.11. The summed E-state index contributed by atoms with van der Waals surface area (Å²) in [7, 11) is 0. The van der Waals surface area contributed by atoms with Crippen molar-refractivity contribution in [2.45, 2.75) is 6.54 Å². The fourth-order valence-corrected chi connectivity index (χ4v) is 4.31. The molecule has 0 atom stereocenters. The number of thiophene rings is 1. The second-order valence-corrected chi connectivity index (χ2v) is 7.23. The molecule has 1 amide bonds. The Hall–Kier alpha value is -3.25. The van der Waals surface area contributed by atoms with E-state index in [-0.39, 0.29) is 5.91 Å². The van der Waals surface area contributed by atoms with Crippen LogP contribution in [0.2, 0.25) is 0 Å². The number of fused-ring (bicyclic) bond motifs is 2. The van der Waals surface area contributed by atoms with Crippen LogP contribution in [0.15, 0.2) is 59.9 Å². The lowest BCUT2D eigenvalue weighted by atomic mass is 10.00. The summed E-state index contributed by atoms with van der Waals surface area (Å²) in [5.74, 6) is -0.184. The molecule has 0 spiro atoms. The van der Waals surface area contributed by atoms with Crippen LogP contribution >= 0.6 is 11.3 Å². The maximum atomic E-state index is 12.4. The molecule has 0 unspecified atom stereocenters. The number of nitrogens with zero attached hydrogens (tertiary/aromatic N) is 2. The summed E-state index contributed by atoms with van der Waals surface area (Å²) in [4.78, 5) is 18.0. The number of carbonyl (C=O) groups excluding carboxylic acids is 1. The second kappa shape index (κ2) is 5.93. The van der Waals surface area contributed by atoms with Crippen molar-refractivity contribution in [3.8, 4) is 10.4 Å². The lowest BCUT2D eigenvalue weighted by Crippen LogP contribution is -2.11. The van der Waals surface area contributed by atoms with Gasteiger partial charge in [-0.25, -0.2) is 0 Å². The molecule has 0 fully saturated rings. The predicted octanol–water partition coefficient (Wildman–Crippen LogP) is 4.48. The van der Waals surface area contributed by atoms with Gasteiger partial charge in [0.05, 0.1) is 18.3 Å². The van der Waals surface area contributed by atoms with Gasteiger partial charge in [0.1, 0.15) is 0 Å².